The smallest absolute Gasteiger partial charge is 0.229 e. The van der Waals surface area contributed by atoms with Crippen LogP contribution in [0.1, 0.15) is 24.8 Å². The maximum absolute atomic E-state index is 12.4. The van der Waals surface area contributed by atoms with Crippen LogP contribution in [0.3, 0.4) is 0 Å². The Morgan fingerprint density at radius 2 is 2.04 bits per heavy atom. The van der Waals surface area contributed by atoms with Crippen LogP contribution in [0.2, 0.25) is 0 Å². The topological polar surface area (TPSA) is 49.4 Å². The van der Waals surface area contributed by atoms with Gasteiger partial charge in [0.1, 0.15) is 0 Å². The van der Waals surface area contributed by atoms with Crippen LogP contribution in [0.15, 0.2) is 47.2 Å². The Bertz CT molecular complexity index is 670. The fourth-order valence-electron chi connectivity index (χ4n) is 3.03. The van der Waals surface area contributed by atoms with Gasteiger partial charge in [0.2, 0.25) is 11.8 Å². The SMILES string of the molecule is O=C(Nc1ccccc1)C1CCCN(C(=O)CCc2ccsc2)C1. The Labute approximate surface area is 146 Å². The van der Waals surface area contributed by atoms with Gasteiger partial charge < -0.3 is 10.2 Å². The summed E-state index contributed by atoms with van der Waals surface area (Å²) in [6.45, 7) is 1.29. The van der Waals surface area contributed by atoms with Crippen LogP contribution in [0.25, 0.3) is 0 Å². The lowest BCUT2D eigenvalue weighted by molar-refractivity contribution is -0.134. The molecule has 1 aromatic carbocycles. The predicted molar refractivity (Wildman–Crippen MR) is 97.0 cm³/mol. The summed E-state index contributed by atoms with van der Waals surface area (Å²) in [6, 6.07) is 11.5. The van der Waals surface area contributed by atoms with Crippen LogP contribution in [0, 0.1) is 5.92 Å². The van der Waals surface area contributed by atoms with Gasteiger partial charge in [0, 0.05) is 25.2 Å². The molecule has 2 heterocycles. The quantitative estimate of drug-likeness (QED) is 0.903. The van der Waals surface area contributed by atoms with E-state index in [-0.39, 0.29) is 17.7 Å². The number of aryl methyl sites for hydroxylation is 1. The van der Waals surface area contributed by atoms with Gasteiger partial charge in [-0.05, 0) is 53.8 Å². The number of hydrogen-bond acceptors (Lipinski definition) is 3. The number of anilines is 1. The molecule has 24 heavy (non-hydrogen) atoms. The Morgan fingerprint density at radius 1 is 1.21 bits per heavy atom. The first-order chi connectivity index (χ1) is 11.7. The van der Waals surface area contributed by atoms with E-state index in [9.17, 15) is 9.59 Å². The summed E-state index contributed by atoms with van der Waals surface area (Å²) in [6.07, 6.45) is 3.02. The number of piperidine rings is 1. The molecule has 0 saturated carbocycles. The van der Waals surface area contributed by atoms with Crippen LogP contribution in [0.5, 0.6) is 0 Å². The molecule has 0 aliphatic carbocycles. The third-order valence-electron chi connectivity index (χ3n) is 4.39. The Morgan fingerprint density at radius 3 is 2.79 bits per heavy atom. The van der Waals surface area contributed by atoms with E-state index in [0.29, 0.717) is 13.0 Å². The molecule has 5 heteroatoms. The molecule has 1 aliphatic heterocycles. The summed E-state index contributed by atoms with van der Waals surface area (Å²) in [7, 11) is 0. The summed E-state index contributed by atoms with van der Waals surface area (Å²) in [5, 5.41) is 7.07. The average Bonchev–Trinajstić information content (AvgIpc) is 3.14. The van der Waals surface area contributed by atoms with Crippen LogP contribution in [-0.2, 0) is 16.0 Å². The van der Waals surface area contributed by atoms with E-state index in [2.05, 4.69) is 16.8 Å². The van der Waals surface area contributed by atoms with Gasteiger partial charge in [-0.1, -0.05) is 18.2 Å². The zero-order valence-corrected chi connectivity index (χ0v) is 14.4. The molecule has 1 N–H and O–H groups in total. The lowest BCUT2D eigenvalue weighted by Crippen LogP contribution is -2.43. The van der Waals surface area contributed by atoms with Crippen molar-refractivity contribution >= 4 is 28.8 Å². The fraction of sp³-hybridized carbons (Fsp3) is 0.368. The average molecular weight is 342 g/mol. The van der Waals surface area contributed by atoms with Crippen molar-refractivity contribution < 1.29 is 9.59 Å². The predicted octanol–water partition coefficient (Wildman–Crippen LogP) is 3.56. The number of benzene rings is 1. The van der Waals surface area contributed by atoms with Gasteiger partial charge in [-0.15, -0.1) is 0 Å². The molecule has 1 aliphatic rings. The van der Waals surface area contributed by atoms with Crippen LogP contribution >= 0.6 is 11.3 Å². The van der Waals surface area contributed by atoms with E-state index >= 15 is 0 Å². The number of nitrogens with one attached hydrogen (secondary N) is 1. The maximum Gasteiger partial charge on any atom is 0.229 e. The molecule has 1 fully saturated rings. The molecular formula is C19H22N2O2S. The molecule has 1 unspecified atom stereocenters. The van der Waals surface area contributed by atoms with E-state index in [1.165, 1.54) is 5.56 Å². The van der Waals surface area contributed by atoms with Gasteiger partial charge in [-0.2, -0.15) is 11.3 Å². The summed E-state index contributed by atoms with van der Waals surface area (Å²) in [4.78, 5) is 26.7. The van der Waals surface area contributed by atoms with Gasteiger partial charge in [-0.25, -0.2) is 0 Å². The van der Waals surface area contributed by atoms with Crippen molar-refractivity contribution in [2.75, 3.05) is 18.4 Å². The van der Waals surface area contributed by atoms with Gasteiger partial charge in [-0.3, -0.25) is 9.59 Å². The standard InChI is InChI=1S/C19H22N2O2S/c22-18(9-8-15-10-12-24-14-15)21-11-4-5-16(13-21)19(23)20-17-6-2-1-3-7-17/h1-3,6-7,10,12,14,16H,4-5,8-9,11,13H2,(H,20,23). The third-order valence-corrected chi connectivity index (χ3v) is 5.13. The van der Waals surface area contributed by atoms with Crippen molar-refractivity contribution in [2.24, 2.45) is 5.92 Å². The van der Waals surface area contributed by atoms with Crippen molar-refractivity contribution in [2.45, 2.75) is 25.7 Å². The number of thiophene rings is 1. The molecule has 0 bridgehead atoms. The normalized spacial score (nSPS) is 17.5. The monoisotopic (exact) mass is 342 g/mol. The van der Waals surface area contributed by atoms with Crippen molar-refractivity contribution in [3.05, 3.63) is 52.7 Å². The zero-order valence-electron chi connectivity index (χ0n) is 13.6. The molecular weight excluding hydrogens is 320 g/mol. The highest BCUT2D eigenvalue weighted by Gasteiger charge is 2.28. The number of amides is 2. The first-order valence-corrected chi connectivity index (χ1v) is 9.31. The molecule has 0 spiro atoms. The zero-order chi connectivity index (χ0) is 16.8. The second-order valence-corrected chi connectivity index (χ2v) is 6.95. The second-order valence-electron chi connectivity index (χ2n) is 6.17. The molecule has 2 aromatic rings. The van der Waals surface area contributed by atoms with E-state index in [0.717, 1.165) is 31.5 Å². The van der Waals surface area contributed by atoms with Gasteiger partial charge in [0.15, 0.2) is 0 Å². The Hall–Kier alpha value is -2.14. The summed E-state index contributed by atoms with van der Waals surface area (Å²) in [5.74, 6) is 0.0407. The van der Waals surface area contributed by atoms with Crippen LogP contribution in [-0.4, -0.2) is 29.8 Å². The van der Waals surface area contributed by atoms with Crippen molar-refractivity contribution in [1.29, 1.82) is 0 Å². The second kappa shape index (κ2) is 8.11. The highest BCUT2D eigenvalue weighted by atomic mass is 32.1. The molecule has 3 rings (SSSR count). The van der Waals surface area contributed by atoms with Crippen molar-refractivity contribution in [3.63, 3.8) is 0 Å². The molecule has 126 valence electrons. The molecule has 0 radical (unpaired) electrons. The van der Waals surface area contributed by atoms with Crippen LogP contribution in [0.4, 0.5) is 5.69 Å². The summed E-state index contributed by atoms with van der Waals surface area (Å²) < 4.78 is 0. The number of carbonyl (C=O) groups is 2. The van der Waals surface area contributed by atoms with E-state index in [4.69, 9.17) is 0 Å². The van der Waals surface area contributed by atoms with Gasteiger partial charge >= 0.3 is 0 Å². The first kappa shape index (κ1) is 16.7. The lowest BCUT2D eigenvalue weighted by atomic mass is 9.96. The number of likely N-dealkylation sites (tertiary alicyclic amines) is 1. The van der Waals surface area contributed by atoms with E-state index in [1.54, 1.807) is 11.3 Å². The summed E-state index contributed by atoms with van der Waals surface area (Å²) >= 11 is 1.65. The van der Waals surface area contributed by atoms with Gasteiger partial charge in [0.05, 0.1) is 5.92 Å². The number of rotatable bonds is 5. The molecule has 1 saturated heterocycles. The van der Waals surface area contributed by atoms with Crippen LogP contribution < -0.4 is 5.32 Å². The number of hydrogen-bond donors (Lipinski definition) is 1. The van der Waals surface area contributed by atoms with E-state index in [1.807, 2.05) is 40.6 Å². The lowest BCUT2D eigenvalue weighted by Gasteiger charge is -2.32. The molecule has 4 nitrogen and oxygen atoms in total. The molecule has 1 aromatic heterocycles. The van der Waals surface area contributed by atoms with Crippen molar-refractivity contribution in [3.8, 4) is 0 Å². The number of nitrogens with zero attached hydrogens (tertiary/aromatic N) is 1. The Kier molecular flexibility index (Phi) is 5.64. The number of carbonyl (C=O) groups excluding carboxylic acids is 2. The Balaban J connectivity index is 1.51. The first-order valence-electron chi connectivity index (χ1n) is 8.37. The number of para-hydroxylation sites is 1. The summed E-state index contributed by atoms with van der Waals surface area (Å²) in [5.41, 5.74) is 2.02. The third kappa shape index (κ3) is 4.45. The minimum atomic E-state index is -0.121. The molecule has 1 atom stereocenters. The van der Waals surface area contributed by atoms with Gasteiger partial charge in [0.25, 0.3) is 0 Å². The largest absolute Gasteiger partial charge is 0.342 e. The van der Waals surface area contributed by atoms with Crippen molar-refractivity contribution in [1.82, 2.24) is 4.90 Å². The molecule has 2 amide bonds. The highest BCUT2D eigenvalue weighted by molar-refractivity contribution is 7.07. The maximum atomic E-state index is 12.4. The van der Waals surface area contributed by atoms with E-state index < -0.39 is 0 Å². The highest BCUT2D eigenvalue weighted by Crippen LogP contribution is 2.20. The minimum Gasteiger partial charge on any atom is -0.342 e. The minimum absolute atomic E-state index is 0.0107. The fourth-order valence-corrected chi connectivity index (χ4v) is 3.73.